The van der Waals surface area contributed by atoms with Crippen LogP contribution in [-0.4, -0.2) is 28.0 Å². The van der Waals surface area contributed by atoms with Crippen molar-refractivity contribution in [3.63, 3.8) is 0 Å². The number of nitrogens with zero attached hydrogens (tertiary/aromatic N) is 3. The van der Waals surface area contributed by atoms with Crippen LogP contribution in [-0.2, 0) is 7.05 Å². The Bertz CT molecular complexity index is 1110. The van der Waals surface area contributed by atoms with Crippen molar-refractivity contribution in [3.8, 4) is 11.5 Å². The van der Waals surface area contributed by atoms with Crippen LogP contribution < -0.4 is 4.74 Å². The monoisotopic (exact) mass is 331 g/mol. The number of benzene rings is 3. The summed E-state index contributed by atoms with van der Waals surface area (Å²) in [5, 5.41) is 11.9. The van der Waals surface area contributed by atoms with E-state index < -0.39 is 0 Å². The molecule has 5 nitrogen and oxygen atoms in total. The summed E-state index contributed by atoms with van der Waals surface area (Å²) in [6.45, 7) is 0. The minimum Gasteiger partial charge on any atom is -0.507 e. The minimum atomic E-state index is 0.197. The van der Waals surface area contributed by atoms with Gasteiger partial charge in [-0.2, -0.15) is 0 Å². The molecule has 1 aromatic heterocycles. The van der Waals surface area contributed by atoms with Crippen LogP contribution in [0.15, 0.2) is 59.6 Å². The third kappa shape index (κ3) is 2.50. The minimum absolute atomic E-state index is 0.197. The number of hydrogen-bond acceptors (Lipinski definition) is 4. The second-order valence-corrected chi connectivity index (χ2v) is 5.77. The van der Waals surface area contributed by atoms with Crippen LogP contribution >= 0.6 is 0 Å². The lowest BCUT2D eigenvalue weighted by molar-refractivity contribution is 0.419. The van der Waals surface area contributed by atoms with Gasteiger partial charge < -0.3 is 14.4 Å². The molecular formula is C20H17N3O2. The summed E-state index contributed by atoms with van der Waals surface area (Å²) in [4.78, 5) is 9.08. The standard InChI is InChI=1S/C20H17N3O2/c1-23-16-8-4-3-7-15(16)22-20(23)21-12-13-10-11-18(25-2)14-6-5-9-17(24)19(13)14/h3-12,24H,1-2H3. The van der Waals surface area contributed by atoms with Crippen molar-refractivity contribution >= 4 is 34.0 Å². The molecule has 0 aliphatic heterocycles. The second kappa shape index (κ2) is 5.94. The summed E-state index contributed by atoms with van der Waals surface area (Å²) >= 11 is 0. The van der Waals surface area contributed by atoms with Gasteiger partial charge in [0.05, 0.1) is 18.1 Å². The molecule has 0 aliphatic rings. The summed E-state index contributed by atoms with van der Waals surface area (Å²) in [5.41, 5.74) is 2.73. The fraction of sp³-hybridized carbons (Fsp3) is 0.100. The molecule has 4 aromatic rings. The van der Waals surface area contributed by atoms with Crippen molar-refractivity contribution in [2.45, 2.75) is 0 Å². The van der Waals surface area contributed by atoms with E-state index in [1.165, 1.54) is 0 Å². The van der Waals surface area contributed by atoms with Crippen molar-refractivity contribution in [1.82, 2.24) is 9.55 Å². The number of aliphatic imine (C=N–C) groups is 1. The zero-order valence-corrected chi connectivity index (χ0v) is 14.0. The third-order valence-corrected chi connectivity index (χ3v) is 4.31. The Morgan fingerprint density at radius 2 is 1.92 bits per heavy atom. The quantitative estimate of drug-likeness (QED) is 0.573. The number of methoxy groups -OCH3 is 1. The molecule has 0 radical (unpaired) electrons. The Hall–Kier alpha value is -3.34. The fourth-order valence-corrected chi connectivity index (χ4v) is 3.05. The largest absolute Gasteiger partial charge is 0.507 e. The lowest BCUT2D eigenvalue weighted by atomic mass is 10.0. The first-order valence-electron chi connectivity index (χ1n) is 7.93. The zero-order chi connectivity index (χ0) is 17.4. The first kappa shape index (κ1) is 15.2. The van der Waals surface area contributed by atoms with E-state index in [0.717, 1.165) is 22.0 Å². The summed E-state index contributed by atoms with van der Waals surface area (Å²) in [6, 6.07) is 17.0. The molecule has 0 aliphatic carbocycles. The molecule has 0 unspecified atom stereocenters. The highest BCUT2D eigenvalue weighted by atomic mass is 16.5. The molecule has 0 atom stereocenters. The number of phenols is 1. The first-order valence-corrected chi connectivity index (χ1v) is 7.93. The molecule has 1 heterocycles. The molecule has 0 fully saturated rings. The van der Waals surface area contributed by atoms with Crippen molar-refractivity contribution in [2.75, 3.05) is 7.11 Å². The van der Waals surface area contributed by atoms with Gasteiger partial charge in [0.25, 0.3) is 0 Å². The van der Waals surface area contributed by atoms with Gasteiger partial charge in [0.15, 0.2) is 0 Å². The first-order chi connectivity index (χ1) is 12.2. The molecule has 0 saturated carbocycles. The average molecular weight is 331 g/mol. The molecule has 5 heteroatoms. The van der Waals surface area contributed by atoms with E-state index in [9.17, 15) is 5.11 Å². The van der Waals surface area contributed by atoms with Crippen LogP contribution in [0.4, 0.5) is 5.95 Å². The maximum Gasteiger partial charge on any atom is 0.230 e. The Labute approximate surface area is 144 Å². The second-order valence-electron chi connectivity index (χ2n) is 5.77. The van der Waals surface area contributed by atoms with E-state index in [0.29, 0.717) is 17.1 Å². The van der Waals surface area contributed by atoms with Crippen molar-refractivity contribution in [3.05, 3.63) is 60.2 Å². The Kier molecular flexibility index (Phi) is 3.61. The molecule has 0 spiro atoms. The summed E-state index contributed by atoms with van der Waals surface area (Å²) in [6.07, 6.45) is 1.72. The molecule has 0 saturated heterocycles. The number of ether oxygens (including phenoxy) is 1. The van der Waals surface area contributed by atoms with Gasteiger partial charge in [-0.25, -0.2) is 9.98 Å². The van der Waals surface area contributed by atoms with Crippen LogP contribution in [0.1, 0.15) is 5.56 Å². The average Bonchev–Trinajstić information content (AvgIpc) is 2.96. The van der Waals surface area contributed by atoms with E-state index in [4.69, 9.17) is 4.74 Å². The zero-order valence-electron chi connectivity index (χ0n) is 14.0. The van der Waals surface area contributed by atoms with Crippen LogP contribution in [0.3, 0.4) is 0 Å². The van der Waals surface area contributed by atoms with Crippen molar-refractivity contribution < 1.29 is 9.84 Å². The predicted octanol–water partition coefficient (Wildman–Crippen LogP) is 4.19. The van der Waals surface area contributed by atoms with Gasteiger partial charge in [-0.3, -0.25) is 0 Å². The van der Waals surface area contributed by atoms with Crippen molar-refractivity contribution in [2.24, 2.45) is 12.0 Å². The normalized spacial score (nSPS) is 11.6. The maximum absolute atomic E-state index is 10.3. The number of para-hydroxylation sites is 2. The Morgan fingerprint density at radius 3 is 2.72 bits per heavy atom. The van der Waals surface area contributed by atoms with E-state index in [1.54, 1.807) is 25.5 Å². The number of hydrogen-bond donors (Lipinski definition) is 1. The van der Waals surface area contributed by atoms with Gasteiger partial charge in [-0.1, -0.05) is 24.3 Å². The number of aromatic hydroxyl groups is 1. The molecule has 1 N–H and O–H groups in total. The van der Waals surface area contributed by atoms with E-state index >= 15 is 0 Å². The van der Waals surface area contributed by atoms with Crippen LogP contribution in [0.2, 0.25) is 0 Å². The van der Waals surface area contributed by atoms with Gasteiger partial charge in [0.2, 0.25) is 5.95 Å². The van der Waals surface area contributed by atoms with E-state index in [-0.39, 0.29) is 5.75 Å². The summed E-state index contributed by atoms with van der Waals surface area (Å²) in [5.74, 6) is 1.52. The number of phenolic OH excluding ortho intramolecular Hbond substituents is 1. The topological polar surface area (TPSA) is 59.6 Å². The van der Waals surface area contributed by atoms with Gasteiger partial charge in [-0.15, -0.1) is 0 Å². The number of aryl methyl sites for hydroxylation is 1. The Balaban J connectivity index is 1.85. The SMILES string of the molecule is COc1ccc(C=Nc2nc3ccccc3n2C)c2c(O)cccc12. The number of rotatable bonds is 3. The fourth-order valence-electron chi connectivity index (χ4n) is 3.05. The highest BCUT2D eigenvalue weighted by Gasteiger charge is 2.10. The van der Waals surface area contributed by atoms with E-state index in [1.807, 2.05) is 54.1 Å². The van der Waals surface area contributed by atoms with Crippen LogP contribution in [0.5, 0.6) is 11.5 Å². The van der Waals surface area contributed by atoms with Gasteiger partial charge >= 0.3 is 0 Å². The molecule has 25 heavy (non-hydrogen) atoms. The van der Waals surface area contributed by atoms with Crippen LogP contribution in [0, 0.1) is 0 Å². The lowest BCUT2D eigenvalue weighted by Crippen LogP contribution is -1.91. The predicted molar refractivity (Wildman–Crippen MR) is 100 cm³/mol. The van der Waals surface area contributed by atoms with Gasteiger partial charge in [0.1, 0.15) is 11.5 Å². The Morgan fingerprint density at radius 1 is 1.08 bits per heavy atom. The molecule has 124 valence electrons. The highest BCUT2D eigenvalue weighted by molar-refractivity contribution is 6.05. The summed E-state index contributed by atoms with van der Waals surface area (Å²) in [7, 11) is 3.55. The smallest absolute Gasteiger partial charge is 0.230 e. The third-order valence-electron chi connectivity index (χ3n) is 4.31. The van der Waals surface area contributed by atoms with E-state index in [2.05, 4.69) is 9.98 Å². The molecule has 3 aromatic carbocycles. The molecular weight excluding hydrogens is 314 g/mol. The summed E-state index contributed by atoms with van der Waals surface area (Å²) < 4.78 is 7.33. The van der Waals surface area contributed by atoms with Crippen molar-refractivity contribution in [1.29, 1.82) is 0 Å². The van der Waals surface area contributed by atoms with Crippen LogP contribution in [0.25, 0.3) is 21.8 Å². The maximum atomic E-state index is 10.3. The molecule has 4 rings (SSSR count). The lowest BCUT2D eigenvalue weighted by Gasteiger charge is -2.09. The van der Waals surface area contributed by atoms with Gasteiger partial charge in [0, 0.05) is 29.6 Å². The highest BCUT2D eigenvalue weighted by Crippen LogP contribution is 2.34. The van der Waals surface area contributed by atoms with Gasteiger partial charge in [-0.05, 0) is 30.3 Å². The number of fused-ring (bicyclic) bond motifs is 2. The molecule has 0 bridgehead atoms. The number of imidazole rings is 1. The molecule has 0 amide bonds. The number of aromatic nitrogens is 2.